The highest BCUT2D eigenvalue weighted by Gasteiger charge is 2.22. The molecule has 0 aliphatic carbocycles. The summed E-state index contributed by atoms with van der Waals surface area (Å²) in [5.41, 5.74) is 9.36. The van der Waals surface area contributed by atoms with Crippen LogP contribution in [-0.4, -0.2) is 11.6 Å². The van der Waals surface area contributed by atoms with E-state index < -0.39 is 0 Å². The highest BCUT2D eigenvalue weighted by atomic mass is 32.1. The molecule has 2 aromatic rings. The van der Waals surface area contributed by atoms with E-state index in [1.54, 1.807) is 11.3 Å². The van der Waals surface area contributed by atoms with Gasteiger partial charge < -0.3 is 10.5 Å². The van der Waals surface area contributed by atoms with E-state index in [9.17, 15) is 0 Å². The smallest absolute Gasteiger partial charge is 0.219 e. The van der Waals surface area contributed by atoms with E-state index in [1.165, 1.54) is 5.56 Å². The summed E-state index contributed by atoms with van der Waals surface area (Å²) in [5, 5.41) is 3.25. The van der Waals surface area contributed by atoms with Crippen molar-refractivity contribution in [1.29, 1.82) is 0 Å². The third-order valence-electron chi connectivity index (χ3n) is 3.06. The molecule has 0 aliphatic heterocycles. The average Bonchev–Trinajstić information content (AvgIpc) is 2.69. The van der Waals surface area contributed by atoms with Crippen molar-refractivity contribution in [2.24, 2.45) is 0 Å². The van der Waals surface area contributed by atoms with E-state index in [4.69, 9.17) is 10.5 Å². The van der Waals surface area contributed by atoms with E-state index in [0.717, 1.165) is 21.5 Å². The minimum absolute atomic E-state index is 0.0770. The van der Waals surface area contributed by atoms with Crippen molar-refractivity contribution in [3.05, 3.63) is 16.5 Å². The number of aromatic nitrogens is 1. The standard InChI is InChI=1S/C14H20N2OS/c1-6-17-12-8(2)11(15)10-9(14(3,4)5)7-18-13(10)16-12/h7H,6H2,1-5H3,(H2,15,16). The maximum atomic E-state index is 6.28. The van der Waals surface area contributed by atoms with Gasteiger partial charge in [0.1, 0.15) is 4.83 Å². The van der Waals surface area contributed by atoms with E-state index in [0.29, 0.717) is 12.5 Å². The van der Waals surface area contributed by atoms with Crippen LogP contribution in [-0.2, 0) is 5.41 Å². The van der Waals surface area contributed by atoms with Gasteiger partial charge in [0.05, 0.1) is 12.3 Å². The first-order valence-corrected chi connectivity index (χ1v) is 7.04. The molecule has 0 unspecified atom stereocenters. The van der Waals surface area contributed by atoms with Crippen molar-refractivity contribution in [2.75, 3.05) is 12.3 Å². The van der Waals surface area contributed by atoms with Crippen molar-refractivity contribution in [3.8, 4) is 5.88 Å². The van der Waals surface area contributed by atoms with Crippen molar-refractivity contribution in [2.45, 2.75) is 40.0 Å². The Bertz CT molecular complexity index is 581. The molecule has 2 rings (SSSR count). The molecule has 0 fully saturated rings. The highest BCUT2D eigenvalue weighted by molar-refractivity contribution is 7.17. The van der Waals surface area contributed by atoms with Gasteiger partial charge in [-0.1, -0.05) is 20.8 Å². The molecule has 4 heteroatoms. The first-order chi connectivity index (χ1) is 8.36. The van der Waals surface area contributed by atoms with Gasteiger partial charge in [0, 0.05) is 10.9 Å². The lowest BCUT2D eigenvalue weighted by Crippen LogP contribution is -2.11. The summed E-state index contributed by atoms with van der Waals surface area (Å²) in [4.78, 5) is 5.54. The summed E-state index contributed by atoms with van der Waals surface area (Å²) in [6.45, 7) is 11.1. The average molecular weight is 264 g/mol. The Hall–Kier alpha value is -1.29. The van der Waals surface area contributed by atoms with E-state index in [1.807, 2.05) is 13.8 Å². The molecule has 0 radical (unpaired) electrons. The number of fused-ring (bicyclic) bond motifs is 1. The number of pyridine rings is 1. The lowest BCUT2D eigenvalue weighted by molar-refractivity contribution is 0.326. The van der Waals surface area contributed by atoms with Crippen LogP contribution in [0.4, 0.5) is 5.69 Å². The van der Waals surface area contributed by atoms with Gasteiger partial charge in [0.2, 0.25) is 5.88 Å². The lowest BCUT2D eigenvalue weighted by Gasteiger charge is -2.19. The molecule has 2 aromatic heterocycles. The van der Waals surface area contributed by atoms with Crippen LogP contribution < -0.4 is 10.5 Å². The van der Waals surface area contributed by atoms with E-state index in [-0.39, 0.29) is 5.41 Å². The van der Waals surface area contributed by atoms with Gasteiger partial charge in [0.15, 0.2) is 0 Å². The van der Waals surface area contributed by atoms with E-state index >= 15 is 0 Å². The summed E-state index contributed by atoms with van der Waals surface area (Å²) < 4.78 is 5.54. The Morgan fingerprint density at radius 1 is 1.39 bits per heavy atom. The predicted molar refractivity (Wildman–Crippen MR) is 78.6 cm³/mol. The first-order valence-electron chi connectivity index (χ1n) is 6.16. The second kappa shape index (κ2) is 4.43. The molecule has 98 valence electrons. The minimum Gasteiger partial charge on any atom is -0.478 e. The Morgan fingerprint density at radius 2 is 2.06 bits per heavy atom. The van der Waals surface area contributed by atoms with Crippen molar-refractivity contribution in [1.82, 2.24) is 4.98 Å². The van der Waals surface area contributed by atoms with Crippen molar-refractivity contribution >= 4 is 27.2 Å². The van der Waals surface area contributed by atoms with Gasteiger partial charge in [0.25, 0.3) is 0 Å². The zero-order chi connectivity index (χ0) is 13.5. The lowest BCUT2D eigenvalue weighted by atomic mass is 9.86. The van der Waals surface area contributed by atoms with Crippen LogP contribution in [0.25, 0.3) is 10.2 Å². The predicted octanol–water partition coefficient (Wildman–Crippen LogP) is 3.88. The zero-order valence-corrected chi connectivity index (χ0v) is 12.4. The molecule has 0 aliphatic rings. The largest absolute Gasteiger partial charge is 0.478 e. The summed E-state index contributed by atoms with van der Waals surface area (Å²) in [6, 6.07) is 0. The topological polar surface area (TPSA) is 48.1 Å². The number of nitrogens with two attached hydrogens (primary N) is 1. The number of ether oxygens (including phenoxy) is 1. The van der Waals surface area contributed by atoms with Gasteiger partial charge in [-0.15, -0.1) is 11.3 Å². The van der Waals surface area contributed by atoms with Gasteiger partial charge in [-0.05, 0) is 30.2 Å². The summed E-state index contributed by atoms with van der Waals surface area (Å²) in [7, 11) is 0. The SMILES string of the molecule is CCOc1nc2scc(C(C)(C)C)c2c(N)c1C. The third-order valence-corrected chi connectivity index (χ3v) is 3.93. The molecule has 0 saturated heterocycles. The number of rotatable bonds is 2. The molecule has 3 nitrogen and oxygen atoms in total. The van der Waals surface area contributed by atoms with Crippen molar-refractivity contribution < 1.29 is 4.74 Å². The molecule has 0 atom stereocenters. The Balaban J connectivity index is 2.73. The fourth-order valence-corrected chi connectivity index (χ4v) is 3.17. The second-order valence-corrected chi connectivity index (χ2v) is 6.33. The molecule has 2 N–H and O–H groups in total. The summed E-state index contributed by atoms with van der Waals surface area (Å²) in [5.74, 6) is 0.657. The quantitative estimate of drug-likeness (QED) is 0.895. The molecule has 2 heterocycles. The van der Waals surface area contributed by atoms with Gasteiger partial charge in [-0.25, -0.2) is 4.98 Å². The fourth-order valence-electron chi connectivity index (χ4n) is 2.00. The molecule has 0 amide bonds. The number of nitrogens with zero attached hydrogens (tertiary/aromatic N) is 1. The molecular weight excluding hydrogens is 244 g/mol. The van der Waals surface area contributed by atoms with Crippen LogP contribution in [0.3, 0.4) is 0 Å². The molecule has 18 heavy (non-hydrogen) atoms. The van der Waals surface area contributed by atoms with Gasteiger partial charge >= 0.3 is 0 Å². The van der Waals surface area contributed by atoms with E-state index in [2.05, 4.69) is 31.1 Å². The Labute approximate surface area is 112 Å². The number of hydrogen-bond donors (Lipinski definition) is 1. The van der Waals surface area contributed by atoms with Gasteiger partial charge in [-0.3, -0.25) is 0 Å². The fraction of sp³-hybridized carbons (Fsp3) is 0.500. The van der Waals surface area contributed by atoms with Crippen LogP contribution >= 0.6 is 11.3 Å². The molecule has 0 spiro atoms. The first kappa shape index (κ1) is 13.1. The van der Waals surface area contributed by atoms with Crippen LogP contribution in [0.15, 0.2) is 5.38 Å². The maximum Gasteiger partial charge on any atom is 0.219 e. The van der Waals surface area contributed by atoms with Crippen molar-refractivity contribution in [3.63, 3.8) is 0 Å². The number of thiophene rings is 1. The normalized spacial score (nSPS) is 12.1. The Kier molecular flexibility index (Phi) is 3.23. The zero-order valence-electron chi connectivity index (χ0n) is 11.6. The monoisotopic (exact) mass is 264 g/mol. The number of anilines is 1. The molecule has 0 bridgehead atoms. The van der Waals surface area contributed by atoms with Gasteiger partial charge in [-0.2, -0.15) is 0 Å². The van der Waals surface area contributed by atoms with Crippen LogP contribution in [0.2, 0.25) is 0 Å². The van der Waals surface area contributed by atoms with Crippen LogP contribution in [0.5, 0.6) is 5.88 Å². The molecular formula is C14H20N2OS. The highest BCUT2D eigenvalue weighted by Crippen LogP contribution is 2.40. The second-order valence-electron chi connectivity index (χ2n) is 5.47. The summed E-state index contributed by atoms with van der Waals surface area (Å²) >= 11 is 1.63. The molecule has 0 saturated carbocycles. The van der Waals surface area contributed by atoms with Crippen LogP contribution in [0.1, 0.15) is 38.8 Å². The van der Waals surface area contributed by atoms with Crippen LogP contribution in [0, 0.1) is 6.92 Å². The third kappa shape index (κ3) is 2.05. The summed E-state index contributed by atoms with van der Waals surface area (Å²) in [6.07, 6.45) is 0. The Morgan fingerprint density at radius 3 is 2.61 bits per heavy atom. The minimum atomic E-state index is 0.0770. The number of hydrogen-bond acceptors (Lipinski definition) is 4. The maximum absolute atomic E-state index is 6.28. The number of nitrogen functional groups attached to an aromatic ring is 1. The molecule has 0 aromatic carbocycles.